The number of carbonyl (C=O) groups is 2. The molecular formula is C22H19FN2O2S. The molecule has 0 radical (unpaired) electrons. The lowest BCUT2D eigenvalue weighted by Gasteiger charge is -2.09. The SMILES string of the molecule is O=C(CCSc1ccccc1)Nc1cccc(C(=O)Nc2cccc(F)c2)c1. The second-order valence-corrected chi connectivity index (χ2v) is 7.17. The Hall–Kier alpha value is -3.12. The number of rotatable bonds is 7. The highest BCUT2D eigenvalue weighted by Gasteiger charge is 2.09. The first-order chi connectivity index (χ1) is 13.6. The van der Waals surface area contributed by atoms with Crippen molar-refractivity contribution in [3.63, 3.8) is 0 Å². The summed E-state index contributed by atoms with van der Waals surface area (Å²) >= 11 is 1.61. The molecule has 28 heavy (non-hydrogen) atoms. The van der Waals surface area contributed by atoms with Crippen LogP contribution in [0.4, 0.5) is 15.8 Å². The lowest BCUT2D eigenvalue weighted by atomic mass is 10.1. The van der Waals surface area contributed by atoms with Crippen LogP contribution in [0.1, 0.15) is 16.8 Å². The third kappa shape index (κ3) is 5.96. The lowest BCUT2D eigenvalue weighted by Crippen LogP contribution is -2.15. The van der Waals surface area contributed by atoms with Gasteiger partial charge in [0.15, 0.2) is 0 Å². The molecule has 0 heterocycles. The molecule has 2 amide bonds. The van der Waals surface area contributed by atoms with E-state index in [-0.39, 0.29) is 11.8 Å². The van der Waals surface area contributed by atoms with Crippen molar-refractivity contribution in [3.05, 3.63) is 90.2 Å². The van der Waals surface area contributed by atoms with Gasteiger partial charge in [-0.25, -0.2) is 4.39 Å². The van der Waals surface area contributed by atoms with Crippen LogP contribution < -0.4 is 10.6 Å². The predicted molar refractivity (Wildman–Crippen MR) is 111 cm³/mol. The molecule has 0 fully saturated rings. The highest BCUT2D eigenvalue weighted by molar-refractivity contribution is 7.99. The molecule has 2 N–H and O–H groups in total. The number of nitrogens with one attached hydrogen (secondary N) is 2. The summed E-state index contributed by atoms with van der Waals surface area (Å²) in [5.74, 6) is -0.255. The van der Waals surface area contributed by atoms with Crippen LogP contribution in [0.3, 0.4) is 0 Å². The Kier molecular flexibility index (Phi) is 6.81. The van der Waals surface area contributed by atoms with Crippen LogP contribution in [-0.2, 0) is 4.79 Å². The monoisotopic (exact) mass is 394 g/mol. The van der Waals surface area contributed by atoms with Gasteiger partial charge < -0.3 is 10.6 Å². The summed E-state index contributed by atoms with van der Waals surface area (Å²) in [6.45, 7) is 0. The van der Waals surface area contributed by atoms with E-state index in [4.69, 9.17) is 0 Å². The van der Waals surface area contributed by atoms with E-state index in [2.05, 4.69) is 10.6 Å². The Bertz CT molecular complexity index is 964. The lowest BCUT2D eigenvalue weighted by molar-refractivity contribution is -0.115. The molecular weight excluding hydrogens is 375 g/mol. The summed E-state index contributed by atoms with van der Waals surface area (Å²) in [5, 5.41) is 5.44. The average Bonchev–Trinajstić information content (AvgIpc) is 2.69. The second kappa shape index (κ2) is 9.71. The van der Waals surface area contributed by atoms with Gasteiger partial charge in [-0.05, 0) is 48.5 Å². The van der Waals surface area contributed by atoms with Gasteiger partial charge in [-0.15, -0.1) is 11.8 Å². The average molecular weight is 394 g/mol. The van der Waals surface area contributed by atoms with E-state index in [1.165, 1.54) is 18.2 Å². The Morgan fingerprint density at radius 1 is 0.821 bits per heavy atom. The molecule has 0 atom stereocenters. The number of thioether (sulfide) groups is 1. The van der Waals surface area contributed by atoms with Crippen LogP contribution in [0.15, 0.2) is 83.8 Å². The van der Waals surface area contributed by atoms with Crippen LogP contribution in [-0.4, -0.2) is 17.6 Å². The number of carbonyl (C=O) groups excluding carboxylic acids is 2. The summed E-state index contributed by atoms with van der Waals surface area (Å²) in [6.07, 6.45) is 0.360. The molecule has 3 rings (SSSR count). The van der Waals surface area contributed by atoms with Crippen molar-refractivity contribution in [1.82, 2.24) is 0 Å². The van der Waals surface area contributed by atoms with Crippen LogP contribution in [0, 0.1) is 5.82 Å². The molecule has 0 saturated carbocycles. The summed E-state index contributed by atoms with van der Waals surface area (Å²) in [4.78, 5) is 25.6. The van der Waals surface area contributed by atoms with Gasteiger partial charge in [0.2, 0.25) is 5.91 Å². The topological polar surface area (TPSA) is 58.2 Å². The minimum absolute atomic E-state index is 0.119. The van der Waals surface area contributed by atoms with Crippen molar-refractivity contribution in [2.24, 2.45) is 0 Å². The molecule has 3 aromatic rings. The molecule has 4 nitrogen and oxygen atoms in total. The molecule has 0 aliphatic carbocycles. The maximum absolute atomic E-state index is 13.2. The van der Waals surface area contributed by atoms with Gasteiger partial charge in [-0.2, -0.15) is 0 Å². The number of anilines is 2. The summed E-state index contributed by atoms with van der Waals surface area (Å²) in [7, 11) is 0. The summed E-state index contributed by atoms with van der Waals surface area (Å²) in [5.41, 5.74) is 1.29. The number of benzene rings is 3. The first-order valence-electron chi connectivity index (χ1n) is 8.75. The van der Waals surface area contributed by atoms with Crippen LogP contribution >= 0.6 is 11.8 Å². The molecule has 0 saturated heterocycles. The fourth-order valence-corrected chi connectivity index (χ4v) is 3.38. The molecule has 0 spiro atoms. The van der Waals surface area contributed by atoms with Gasteiger partial charge in [0.25, 0.3) is 5.91 Å². The Labute approximate surface area is 167 Å². The van der Waals surface area contributed by atoms with Gasteiger partial charge >= 0.3 is 0 Å². The molecule has 6 heteroatoms. The number of halogens is 1. The maximum Gasteiger partial charge on any atom is 0.255 e. The smallest absolute Gasteiger partial charge is 0.255 e. The maximum atomic E-state index is 13.2. The molecule has 142 valence electrons. The summed E-state index contributed by atoms with van der Waals surface area (Å²) in [6, 6.07) is 22.2. The van der Waals surface area contributed by atoms with Crippen molar-refractivity contribution in [2.75, 3.05) is 16.4 Å². The van der Waals surface area contributed by atoms with Gasteiger partial charge in [0.1, 0.15) is 5.82 Å². The fourth-order valence-electron chi connectivity index (χ4n) is 2.51. The van der Waals surface area contributed by atoms with E-state index < -0.39 is 5.82 Å². The van der Waals surface area contributed by atoms with E-state index in [1.54, 1.807) is 42.1 Å². The van der Waals surface area contributed by atoms with Gasteiger partial charge in [-0.1, -0.05) is 30.3 Å². The Balaban J connectivity index is 1.53. The van der Waals surface area contributed by atoms with E-state index in [1.807, 2.05) is 30.3 Å². The molecule has 3 aromatic carbocycles. The standard InChI is InChI=1S/C22H19FN2O2S/c23-17-7-5-9-19(15-17)25-22(27)16-6-4-8-18(14-16)24-21(26)12-13-28-20-10-2-1-3-11-20/h1-11,14-15H,12-13H2,(H,24,26)(H,25,27). The van der Waals surface area contributed by atoms with E-state index >= 15 is 0 Å². The van der Waals surface area contributed by atoms with Gasteiger partial charge in [0.05, 0.1) is 0 Å². The molecule has 0 aromatic heterocycles. The van der Waals surface area contributed by atoms with Crippen LogP contribution in [0.2, 0.25) is 0 Å². The van der Waals surface area contributed by atoms with Crippen LogP contribution in [0.25, 0.3) is 0 Å². The quantitative estimate of drug-likeness (QED) is 0.542. The van der Waals surface area contributed by atoms with Crippen molar-refractivity contribution in [2.45, 2.75) is 11.3 Å². The minimum Gasteiger partial charge on any atom is -0.326 e. The molecule has 0 aliphatic rings. The van der Waals surface area contributed by atoms with Gasteiger partial charge in [-0.3, -0.25) is 9.59 Å². The number of hydrogen-bond acceptors (Lipinski definition) is 3. The fraction of sp³-hybridized carbons (Fsp3) is 0.0909. The Morgan fingerprint density at radius 2 is 1.54 bits per heavy atom. The van der Waals surface area contributed by atoms with E-state index in [9.17, 15) is 14.0 Å². The highest BCUT2D eigenvalue weighted by Crippen LogP contribution is 2.19. The molecule has 0 bridgehead atoms. The third-order valence-corrected chi connectivity index (χ3v) is 4.85. The number of hydrogen-bond donors (Lipinski definition) is 2. The number of amides is 2. The van der Waals surface area contributed by atoms with Gasteiger partial charge in [0, 0.05) is 34.0 Å². The minimum atomic E-state index is -0.424. The zero-order chi connectivity index (χ0) is 19.8. The zero-order valence-electron chi connectivity index (χ0n) is 15.0. The third-order valence-electron chi connectivity index (χ3n) is 3.83. The van der Waals surface area contributed by atoms with Crippen molar-refractivity contribution >= 4 is 35.0 Å². The molecule has 0 unspecified atom stereocenters. The Morgan fingerprint density at radius 3 is 2.29 bits per heavy atom. The summed E-state index contributed by atoms with van der Waals surface area (Å²) < 4.78 is 13.2. The first kappa shape index (κ1) is 19.6. The predicted octanol–water partition coefficient (Wildman–Crippen LogP) is 5.20. The van der Waals surface area contributed by atoms with E-state index in [0.29, 0.717) is 29.1 Å². The van der Waals surface area contributed by atoms with Crippen LogP contribution in [0.5, 0.6) is 0 Å². The largest absolute Gasteiger partial charge is 0.326 e. The van der Waals surface area contributed by atoms with Crippen molar-refractivity contribution in [1.29, 1.82) is 0 Å². The first-order valence-corrected chi connectivity index (χ1v) is 9.73. The normalized spacial score (nSPS) is 10.3. The van der Waals surface area contributed by atoms with E-state index in [0.717, 1.165) is 4.90 Å². The molecule has 0 aliphatic heterocycles. The highest BCUT2D eigenvalue weighted by atomic mass is 32.2. The second-order valence-electron chi connectivity index (χ2n) is 6.00. The van der Waals surface area contributed by atoms with Crippen molar-refractivity contribution in [3.8, 4) is 0 Å². The van der Waals surface area contributed by atoms with Crippen molar-refractivity contribution < 1.29 is 14.0 Å². The zero-order valence-corrected chi connectivity index (χ0v) is 15.8.